The van der Waals surface area contributed by atoms with Crippen molar-refractivity contribution in [2.75, 3.05) is 20.1 Å². The van der Waals surface area contributed by atoms with Gasteiger partial charge < -0.3 is 15.0 Å². The number of fused-ring (bicyclic) bond motifs is 1. The lowest BCUT2D eigenvalue weighted by molar-refractivity contribution is -0.130. The number of carbonyl (C=O) groups excluding carboxylic acids is 1. The first kappa shape index (κ1) is 25.2. The van der Waals surface area contributed by atoms with Crippen LogP contribution in [-0.2, 0) is 11.4 Å². The highest BCUT2D eigenvalue weighted by molar-refractivity contribution is 6.31. The highest BCUT2D eigenvalue weighted by Gasteiger charge is 2.31. The van der Waals surface area contributed by atoms with Gasteiger partial charge >= 0.3 is 0 Å². The van der Waals surface area contributed by atoms with Gasteiger partial charge in [-0.25, -0.2) is 14.1 Å². The van der Waals surface area contributed by atoms with Crippen molar-refractivity contribution in [2.24, 2.45) is 5.92 Å². The number of rotatable bonds is 7. The van der Waals surface area contributed by atoms with E-state index in [2.05, 4.69) is 15.3 Å². The van der Waals surface area contributed by atoms with Crippen LogP contribution in [0.2, 0.25) is 5.02 Å². The molecule has 3 heterocycles. The summed E-state index contributed by atoms with van der Waals surface area (Å²) in [6, 6.07) is 11.2. The van der Waals surface area contributed by atoms with E-state index in [1.807, 2.05) is 64.2 Å². The molecule has 0 saturated carbocycles. The predicted octanol–water partition coefficient (Wildman–Crippen LogP) is 5.15. The quantitative estimate of drug-likeness (QED) is 0.364. The molecule has 2 aromatic carbocycles. The van der Waals surface area contributed by atoms with Gasteiger partial charge in [-0.3, -0.25) is 4.79 Å². The van der Waals surface area contributed by atoms with Crippen LogP contribution in [0.3, 0.4) is 0 Å². The first-order valence-electron chi connectivity index (χ1n) is 12.2. The third-order valence-corrected chi connectivity index (χ3v) is 7.05. The van der Waals surface area contributed by atoms with Crippen LogP contribution < -0.4 is 10.1 Å². The molecule has 0 radical (unpaired) electrons. The number of halogens is 2. The minimum Gasteiger partial charge on any atom is -0.487 e. The number of nitrogens with one attached hydrogen (secondary N) is 1. The maximum absolute atomic E-state index is 13.7. The molecule has 1 amide bonds. The fourth-order valence-electron chi connectivity index (χ4n) is 4.83. The summed E-state index contributed by atoms with van der Waals surface area (Å²) in [7, 11) is 2.00. The van der Waals surface area contributed by atoms with E-state index in [-0.39, 0.29) is 24.5 Å². The van der Waals surface area contributed by atoms with Gasteiger partial charge in [-0.1, -0.05) is 29.8 Å². The molecule has 0 aliphatic carbocycles. The van der Waals surface area contributed by atoms with Gasteiger partial charge in [0.1, 0.15) is 17.9 Å². The van der Waals surface area contributed by atoms with Crippen molar-refractivity contribution < 1.29 is 13.9 Å². The van der Waals surface area contributed by atoms with Crippen LogP contribution >= 0.6 is 11.6 Å². The summed E-state index contributed by atoms with van der Waals surface area (Å²) in [5.41, 5.74) is 4.85. The molecule has 7 nitrogen and oxygen atoms in total. The number of aromatic nitrogens is 3. The molecule has 0 spiro atoms. The zero-order valence-electron chi connectivity index (χ0n) is 21.3. The fraction of sp³-hybridized carbons (Fsp3) is 0.321. The van der Waals surface area contributed by atoms with E-state index in [4.69, 9.17) is 21.3 Å². The summed E-state index contributed by atoms with van der Waals surface area (Å²) in [6.07, 6.45) is 2.50. The van der Waals surface area contributed by atoms with Crippen LogP contribution in [0.1, 0.15) is 35.3 Å². The lowest BCUT2D eigenvalue weighted by Crippen LogP contribution is -2.51. The Bertz CT molecular complexity index is 1480. The third kappa shape index (κ3) is 5.17. The molecule has 1 aliphatic heterocycles. The van der Waals surface area contributed by atoms with Crippen molar-refractivity contribution in [1.82, 2.24) is 25.0 Å². The minimum absolute atomic E-state index is 0.00915. The van der Waals surface area contributed by atoms with Gasteiger partial charge in [-0.05, 0) is 57.1 Å². The fourth-order valence-corrected chi connectivity index (χ4v) is 5.16. The summed E-state index contributed by atoms with van der Waals surface area (Å²) >= 11 is 6.69. The van der Waals surface area contributed by atoms with Crippen LogP contribution in [0.5, 0.6) is 5.75 Å². The second-order valence-electron chi connectivity index (χ2n) is 9.79. The second kappa shape index (κ2) is 10.1. The van der Waals surface area contributed by atoms with Crippen molar-refractivity contribution in [1.29, 1.82) is 0 Å². The number of aryl methyl sites for hydroxylation is 2. The summed E-state index contributed by atoms with van der Waals surface area (Å²) in [5, 5.41) is 8.63. The van der Waals surface area contributed by atoms with Gasteiger partial charge in [0.25, 0.3) is 0 Å². The highest BCUT2D eigenvalue weighted by Crippen LogP contribution is 2.32. The number of para-hydroxylation sites is 1. The maximum atomic E-state index is 13.7. The van der Waals surface area contributed by atoms with E-state index in [1.54, 1.807) is 0 Å². The van der Waals surface area contributed by atoms with Crippen LogP contribution in [0.25, 0.3) is 16.6 Å². The first-order valence-corrected chi connectivity index (χ1v) is 12.6. The molecule has 1 aliphatic rings. The van der Waals surface area contributed by atoms with Gasteiger partial charge in [-0.15, -0.1) is 0 Å². The Labute approximate surface area is 220 Å². The van der Waals surface area contributed by atoms with Gasteiger partial charge in [0.05, 0.1) is 30.0 Å². The second-order valence-corrected chi connectivity index (χ2v) is 10.2. The Morgan fingerprint density at radius 2 is 2.05 bits per heavy atom. The normalized spacial score (nSPS) is 15.0. The predicted molar refractivity (Wildman–Crippen MR) is 142 cm³/mol. The lowest BCUT2D eigenvalue weighted by Gasteiger charge is -2.35. The van der Waals surface area contributed by atoms with E-state index in [9.17, 15) is 9.18 Å². The van der Waals surface area contributed by atoms with Crippen molar-refractivity contribution >= 4 is 28.4 Å². The molecule has 0 unspecified atom stereocenters. The minimum atomic E-state index is -0.415. The standard InChI is InChI=1S/C28H29ClFN5O2/c1-16-8-22(18(3)33-28(36)19-12-34(4)13-19)23(24(29)9-16)15-37-26-7-5-6-21-25(10-17(2)32-27(21)26)35-14-20(30)11-31-35/h5-11,14,18-19H,12-13,15H2,1-4H3,(H,33,36)/t18-/m0/s1. The summed E-state index contributed by atoms with van der Waals surface area (Å²) in [6.45, 7) is 7.55. The van der Waals surface area contributed by atoms with E-state index in [0.717, 1.165) is 40.9 Å². The lowest BCUT2D eigenvalue weighted by atomic mass is 9.96. The third-order valence-electron chi connectivity index (χ3n) is 6.71. The van der Waals surface area contributed by atoms with Crippen LogP contribution in [-0.4, -0.2) is 45.7 Å². The first-order chi connectivity index (χ1) is 17.7. The Morgan fingerprint density at radius 3 is 2.76 bits per heavy atom. The molecule has 192 valence electrons. The Kier molecular flexibility index (Phi) is 6.88. The number of ether oxygens (including phenoxy) is 1. The summed E-state index contributed by atoms with van der Waals surface area (Å²) in [4.78, 5) is 19.5. The molecule has 0 bridgehead atoms. The zero-order valence-corrected chi connectivity index (χ0v) is 22.0. The SMILES string of the molecule is Cc1cc(Cl)c(COc2cccc3c(-n4cc(F)cn4)cc(C)nc23)c([C@H](C)NC(=O)C2CN(C)C2)c1. The molecule has 1 saturated heterocycles. The van der Waals surface area contributed by atoms with Gasteiger partial charge in [-0.2, -0.15) is 5.10 Å². The van der Waals surface area contributed by atoms with Crippen molar-refractivity contribution in [2.45, 2.75) is 33.4 Å². The van der Waals surface area contributed by atoms with Crippen molar-refractivity contribution in [3.8, 4) is 11.4 Å². The van der Waals surface area contributed by atoms with E-state index in [1.165, 1.54) is 17.1 Å². The van der Waals surface area contributed by atoms with Gasteiger partial charge in [0.2, 0.25) is 5.91 Å². The molecule has 5 rings (SSSR count). The largest absolute Gasteiger partial charge is 0.487 e. The molecule has 1 N–H and O–H groups in total. The number of hydrogen-bond acceptors (Lipinski definition) is 5. The molecular formula is C28H29ClFN5O2. The van der Waals surface area contributed by atoms with Crippen molar-refractivity contribution in [3.63, 3.8) is 0 Å². The topological polar surface area (TPSA) is 72.3 Å². The average molecular weight is 522 g/mol. The molecule has 9 heteroatoms. The van der Waals surface area contributed by atoms with Crippen LogP contribution in [0, 0.1) is 25.6 Å². The number of benzene rings is 2. The Morgan fingerprint density at radius 1 is 1.27 bits per heavy atom. The Balaban J connectivity index is 1.44. The number of amides is 1. The van der Waals surface area contributed by atoms with E-state index < -0.39 is 5.82 Å². The number of pyridine rings is 1. The molecule has 37 heavy (non-hydrogen) atoms. The zero-order chi connectivity index (χ0) is 26.3. The molecular weight excluding hydrogens is 493 g/mol. The molecule has 1 fully saturated rings. The summed E-state index contributed by atoms with van der Waals surface area (Å²) in [5.74, 6) is 0.218. The number of nitrogens with zero attached hydrogens (tertiary/aromatic N) is 4. The highest BCUT2D eigenvalue weighted by atomic mass is 35.5. The monoisotopic (exact) mass is 521 g/mol. The van der Waals surface area contributed by atoms with E-state index in [0.29, 0.717) is 22.0 Å². The average Bonchev–Trinajstić information content (AvgIpc) is 3.26. The van der Waals surface area contributed by atoms with Crippen molar-refractivity contribution in [3.05, 3.63) is 82.0 Å². The van der Waals surface area contributed by atoms with Gasteiger partial charge in [0.15, 0.2) is 5.82 Å². The van der Waals surface area contributed by atoms with Crippen LogP contribution in [0.15, 0.2) is 48.8 Å². The number of carbonyl (C=O) groups is 1. The van der Waals surface area contributed by atoms with E-state index >= 15 is 0 Å². The summed E-state index contributed by atoms with van der Waals surface area (Å²) < 4.78 is 21.5. The molecule has 1 atom stereocenters. The molecule has 4 aromatic rings. The Hall–Kier alpha value is -3.49. The van der Waals surface area contributed by atoms with Crippen LogP contribution in [0.4, 0.5) is 4.39 Å². The maximum Gasteiger partial charge on any atom is 0.226 e. The van der Waals surface area contributed by atoms with Gasteiger partial charge in [0, 0.05) is 34.8 Å². The number of likely N-dealkylation sites (tertiary alicyclic amines) is 1. The number of hydrogen-bond donors (Lipinski definition) is 1. The smallest absolute Gasteiger partial charge is 0.226 e. The molecule has 2 aromatic heterocycles.